The summed E-state index contributed by atoms with van der Waals surface area (Å²) in [6.45, 7) is 0. The summed E-state index contributed by atoms with van der Waals surface area (Å²) < 4.78 is 0. The topological polar surface area (TPSA) is 37.3 Å². The van der Waals surface area contributed by atoms with Crippen LogP contribution in [-0.2, 0) is 0 Å². The van der Waals surface area contributed by atoms with E-state index < -0.39 is 0 Å². The van der Waals surface area contributed by atoms with Gasteiger partial charge >= 0.3 is 0 Å². The molecule has 2 aliphatic carbocycles. The number of hydrogen-bond donors (Lipinski definition) is 1. The number of aldehydes is 1. The van der Waals surface area contributed by atoms with Crippen molar-refractivity contribution in [1.82, 2.24) is 0 Å². The van der Waals surface area contributed by atoms with Gasteiger partial charge in [-0.25, -0.2) is 0 Å². The van der Waals surface area contributed by atoms with Gasteiger partial charge in [0, 0.05) is 0 Å². The molecule has 0 amide bonds. The van der Waals surface area contributed by atoms with Gasteiger partial charge in [-0.2, -0.15) is 0 Å². The molecule has 0 aliphatic heterocycles. The molecule has 1 aromatic rings. The summed E-state index contributed by atoms with van der Waals surface area (Å²) in [5.41, 5.74) is 3.18. The van der Waals surface area contributed by atoms with Crippen LogP contribution in [0.2, 0.25) is 0 Å². The lowest BCUT2D eigenvalue weighted by Crippen LogP contribution is -1.85. The van der Waals surface area contributed by atoms with Gasteiger partial charge in [0.15, 0.2) is 6.29 Å². The largest absolute Gasteiger partial charge is 0.507 e. The molecule has 0 unspecified atom stereocenters. The Morgan fingerprint density at radius 1 is 0.867 bits per heavy atom. The second kappa shape index (κ2) is 3.96. The molecule has 2 nitrogen and oxygen atoms in total. The highest BCUT2D eigenvalue weighted by Crippen LogP contribution is 2.29. The number of rotatable bonds is 1. The van der Waals surface area contributed by atoms with Gasteiger partial charge in [0.2, 0.25) is 0 Å². The fourth-order valence-electron chi connectivity index (χ4n) is 1.25. The van der Waals surface area contributed by atoms with E-state index in [9.17, 15) is 4.79 Å². The first-order chi connectivity index (χ1) is 7.31. The zero-order valence-corrected chi connectivity index (χ0v) is 8.05. The third-order valence-electron chi connectivity index (χ3n) is 2.28. The van der Waals surface area contributed by atoms with E-state index in [2.05, 4.69) is 24.3 Å². The van der Waals surface area contributed by atoms with Gasteiger partial charge in [-0.1, -0.05) is 36.4 Å². The molecule has 0 fully saturated rings. The van der Waals surface area contributed by atoms with Crippen LogP contribution in [0.25, 0.3) is 11.1 Å². The molecule has 0 atom stereocenters. The van der Waals surface area contributed by atoms with Gasteiger partial charge in [-0.05, 0) is 23.3 Å². The third-order valence-corrected chi connectivity index (χ3v) is 2.28. The van der Waals surface area contributed by atoms with Crippen molar-refractivity contribution in [3.05, 3.63) is 54.1 Å². The van der Waals surface area contributed by atoms with Crippen molar-refractivity contribution < 1.29 is 9.90 Å². The lowest BCUT2D eigenvalue weighted by Gasteiger charge is -2.10. The highest BCUT2D eigenvalue weighted by atomic mass is 16.3. The number of hydrogen-bond acceptors (Lipinski definition) is 2. The Morgan fingerprint density at radius 3 is 1.67 bits per heavy atom. The lowest BCUT2D eigenvalue weighted by atomic mass is 9.95. The van der Waals surface area contributed by atoms with Crippen molar-refractivity contribution in [2.75, 3.05) is 0 Å². The lowest BCUT2D eigenvalue weighted by molar-refractivity contribution is 0.112. The zero-order chi connectivity index (χ0) is 10.7. The number of phenolic OH excluding ortho intramolecular Hbond substituents is 1. The Hall–Kier alpha value is -2.09. The molecule has 2 aliphatic rings. The fraction of sp³-hybridized carbons (Fsp3) is 0. The van der Waals surface area contributed by atoms with Crippen LogP contribution in [0.1, 0.15) is 10.4 Å². The van der Waals surface area contributed by atoms with Crippen LogP contribution in [0, 0.1) is 0 Å². The Bertz CT molecular complexity index is 451. The zero-order valence-electron chi connectivity index (χ0n) is 8.05. The molecule has 2 heteroatoms. The van der Waals surface area contributed by atoms with Gasteiger partial charge in [-0.15, -0.1) is 0 Å². The van der Waals surface area contributed by atoms with E-state index in [1.165, 1.54) is 17.2 Å². The minimum atomic E-state index is 0.0347. The molecule has 0 radical (unpaired) electrons. The van der Waals surface area contributed by atoms with Gasteiger partial charge in [-0.3, -0.25) is 4.79 Å². The van der Waals surface area contributed by atoms with Crippen molar-refractivity contribution in [2.24, 2.45) is 0 Å². The molecule has 0 saturated carbocycles. The van der Waals surface area contributed by atoms with E-state index in [0.29, 0.717) is 11.8 Å². The summed E-state index contributed by atoms with van der Waals surface area (Å²) >= 11 is 0. The van der Waals surface area contributed by atoms with Crippen molar-refractivity contribution in [2.45, 2.75) is 0 Å². The number of carbonyl (C=O) groups is 1. The Morgan fingerprint density at radius 2 is 1.40 bits per heavy atom. The van der Waals surface area contributed by atoms with Gasteiger partial charge < -0.3 is 5.11 Å². The van der Waals surface area contributed by atoms with E-state index in [0.717, 1.165) is 0 Å². The second-order valence-corrected chi connectivity index (χ2v) is 3.25. The molecular weight excluding hydrogens is 188 g/mol. The summed E-state index contributed by atoms with van der Waals surface area (Å²) in [4.78, 5) is 10.1. The van der Waals surface area contributed by atoms with Crippen molar-refractivity contribution in [1.29, 1.82) is 0 Å². The Balaban J connectivity index is 0.000000121. The summed E-state index contributed by atoms with van der Waals surface area (Å²) in [5, 5.41) is 8.88. The monoisotopic (exact) mass is 198 g/mol. The van der Waals surface area contributed by atoms with E-state index in [1.807, 2.05) is 0 Å². The molecule has 0 saturated heterocycles. The first kappa shape index (κ1) is 9.46. The number of aromatic hydroxyl groups is 1. The van der Waals surface area contributed by atoms with Crippen molar-refractivity contribution in [3.8, 4) is 16.9 Å². The van der Waals surface area contributed by atoms with Crippen LogP contribution in [0.15, 0.2) is 48.5 Å². The minimum Gasteiger partial charge on any atom is -0.507 e. The number of phenols is 1. The number of benzene rings is 2. The number of carbonyl (C=O) groups excluding carboxylic acids is 1. The van der Waals surface area contributed by atoms with Crippen LogP contribution >= 0.6 is 0 Å². The maximum absolute atomic E-state index is 10.1. The Kier molecular flexibility index (Phi) is 2.50. The second-order valence-electron chi connectivity index (χ2n) is 3.25. The van der Waals surface area contributed by atoms with Crippen LogP contribution in [-0.4, -0.2) is 11.4 Å². The van der Waals surface area contributed by atoms with Crippen LogP contribution in [0.4, 0.5) is 0 Å². The molecule has 0 bridgehead atoms. The molecule has 0 spiro atoms. The van der Waals surface area contributed by atoms with E-state index in [4.69, 9.17) is 5.11 Å². The van der Waals surface area contributed by atoms with Gasteiger partial charge in [0.1, 0.15) is 5.75 Å². The molecule has 74 valence electrons. The SMILES string of the molecule is O=Cc1ccccc1O.c1cc2ccc1-2. The first-order valence-corrected chi connectivity index (χ1v) is 4.65. The predicted octanol–water partition coefficient (Wildman–Crippen LogP) is 2.87. The molecule has 1 aromatic carbocycles. The average Bonchev–Trinajstić information content (AvgIpc) is 2.25. The molecule has 3 rings (SSSR count). The molecule has 0 aromatic heterocycles. The fourth-order valence-corrected chi connectivity index (χ4v) is 1.25. The van der Waals surface area contributed by atoms with Crippen LogP contribution in [0.5, 0.6) is 5.75 Å². The summed E-state index contributed by atoms with van der Waals surface area (Å²) in [6.07, 6.45) is 0.620. The minimum absolute atomic E-state index is 0.0347. The highest BCUT2D eigenvalue weighted by molar-refractivity contribution is 5.78. The summed E-state index contributed by atoms with van der Waals surface area (Å²) in [5.74, 6) is 0.0347. The Labute approximate surface area is 87.8 Å². The average molecular weight is 198 g/mol. The summed E-state index contributed by atoms with van der Waals surface area (Å²) in [7, 11) is 0. The van der Waals surface area contributed by atoms with Gasteiger partial charge in [0.05, 0.1) is 5.56 Å². The molecule has 1 N–H and O–H groups in total. The van der Waals surface area contributed by atoms with Gasteiger partial charge in [0.25, 0.3) is 0 Å². The van der Waals surface area contributed by atoms with Crippen LogP contribution in [0.3, 0.4) is 0 Å². The normalized spacial score (nSPS) is 9.87. The first-order valence-electron chi connectivity index (χ1n) is 4.65. The van der Waals surface area contributed by atoms with E-state index in [-0.39, 0.29) is 5.75 Å². The molecule has 15 heavy (non-hydrogen) atoms. The van der Waals surface area contributed by atoms with E-state index >= 15 is 0 Å². The molecular formula is C13H10O2. The quantitative estimate of drug-likeness (QED) is 0.610. The maximum atomic E-state index is 10.1. The number of fused-ring (bicyclic) bond motifs is 1. The van der Waals surface area contributed by atoms with E-state index in [1.54, 1.807) is 18.2 Å². The highest BCUT2D eigenvalue weighted by Gasteiger charge is 2.03. The maximum Gasteiger partial charge on any atom is 0.153 e. The van der Waals surface area contributed by atoms with Crippen molar-refractivity contribution >= 4 is 6.29 Å². The summed E-state index contributed by atoms with van der Waals surface area (Å²) in [6, 6.07) is 14.9. The third kappa shape index (κ3) is 1.89. The standard InChI is InChI=1S/C7H6O2.C6H4/c8-5-6-3-1-2-4-7(6)9;1-2-6-4-3-5(1)6/h1-5,9H;1-4H. The van der Waals surface area contributed by atoms with Crippen molar-refractivity contribution in [3.63, 3.8) is 0 Å². The predicted molar refractivity (Wildman–Crippen MR) is 58.9 cm³/mol. The molecule has 0 heterocycles. The number of para-hydroxylation sites is 1. The van der Waals surface area contributed by atoms with Crippen LogP contribution < -0.4 is 0 Å². The smallest absolute Gasteiger partial charge is 0.153 e.